The summed E-state index contributed by atoms with van der Waals surface area (Å²) in [4.78, 5) is 0. The Morgan fingerprint density at radius 1 is 1.33 bits per heavy atom. The van der Waals surface area contributed by atoms with E-state index in [-0.39, 0.29) is 0 Å². The van der Waals surface area contributed by atoms with Gasteiger partial charge < -0.3 is 10.5 Å². The lowest BCUT2D eigenvalue weighted by Crippen LogP contribution is -2.18. The van der Waals surface area contributed by atoms with E-state index in [1.165, 1.54) is 5.56 Å². The van der Waals surface area contributed by atoms with Gasteiger partial charge in [0.2, 0.25) is 0 Å². The second-order valence-corrected chi connectivity index (χ2v) is 5.10. The minimum atomic E-state index is 0.309. The Morgan fingerprint density at radius 3 is 2.78 bits per heavy atom. The van der Waals surface area contributed by atoms with Gasteiger partial charge in [-0.25, -0.2) is 0 Å². The normalized spacial score (nSPS) is 12.4. The maximum Gasteiger partial charge on any atom is 0.122 e. The molecular formula is C15H24ClNO. The molecule has 0 bridgehead atoms. The zero-order valence-corrected chi connectivity index (χ0v) is 12.2. The molecule has 18 heavy (non-hydrogen) atoms. The van der Waals surface area contributed by atoms with Crippen molar-refractivity contribution in [3.63, 3.8) is 0 Å². The molecule has 0 spiro atoms. The van der Waals surface area contributed by atoms with Crippen LogP contribution in [-0.4, -0.2) is 12.6 Å². The molecule has 2 N–H and O–H groups in total. The molecule has 0 heterocycles. The van der Waals surface area contributed by atoms with Gasteiger partial charge in [0, 0.05) is 11.1 Å². The molecule has 0 aromatic heterocycles. The first-order chi connectivity index (χ1) is 8.67. The number of hydrogen-bond acceptors (Lipinski definition) is 2. The summed E-state index contributed by atoms with van der Waals surface area (Å²) in [6, 6.07) is 6.16. The van der Waals surface area contributed by atoms with Crippen LogP contribution < -0.4 is 10.5 Å². The maximum atomic E-state index is 6.04. The van der Waals surface area contributed by atoms with Crippen LogP contribution in [0.3, 0.4) is 0 Å². The van der Waals surface area contributed by atoms with Gasteiger partial charge in [-0.05, 0) is 55.9 Å². The molecule has 0 radical (unpaired) electrons. The molecule has 1 aromatic rings. The molecule has 0 aliphatic heterocycles. The maximum absolute atomic E-state index is 6.04. The standard InChI is InChI=1S/C15H24ClNO/c1-3-10-18-15-9-8-13(16)11-12(15)6-5-7-14(17)4-2/h8-9,11,14H,3-7,10,17H2,1-2H3. The van der Waals surface area contributed by atoms with Gasteiger partial charge in [0.15, 0.2) is 0 Å². The van der Waals surface area contributed by atoms with Crippen LogP contribution in [0.25, 0.3) is 0 Å². The van der Waals surface area contributed by atoms with Crippen LogP contribution in [0.5, 0.6) is 5.75 Å². The SMILES string of the molecule is CCCOc1ccc(Cl)cc1CCCC(N)CC. The van der Waals surface area contributed by atoms with E-state index in [9.17, 15) is 0 Å². The first-order valence-electron chi connectivity index (χ1n) is 6.84. The van der Waals surface area contributed by atoms with Gasteiger partial charge in [-0.1, -0.05) is 25.4 Å². The van der Waals surface area contributed by atoms with E-state index in [0.717, 1.165) is 49.5 Å². The van der Waals surface area contributed by atoms with Gasteiger partial charge >= 0.3 is 0 Å². The van der Waals surface area contributed by atoms with E-state index in [4.69, 9.17) is 22.1 Å². The van der Waals surface area contributed by atoms with E-state index in [0.29, 0.717) is 6.04 Å². The zero-order valence-electron chi connectivity index (χ0n) is 11.4. The molecule has 0 aliphatic carbocycles. The van der Waals surface area contributed by atoms with Crippen LogP contribution in [0.1, 0.15) is 45.1 Å². The third-order valence-corrected chi connectivity index (χ3v) is 3.26. The molecular weight excluding hydrogens is 246 g/mol. The van der Waals surface area contributed by atoms with Crippen molar-refractivity contribution in [2.75, 3.05) is 6.61 Å². The van der Waals surface area contributed by atoms with Crippen molar-refractivity contribution in [3.8, 4) is 5.75 Å². The number of rotatable bonds is 8. The van der Waals surface area contributed by atoms with E-state index in [2.05, 4.69) is 13.8 Å². The van der Waals surface area contributed by atoms with Gasteiger partial charge in [0.05, 0.1) is 6.61 Å². The van der Waals surface area contributed by atoms with Gasteiger partial charge in [0.25, 0.3) is 0 Å². The minimum absolute atomic E-state index is 0.309. The Balaban J connectivity index is 2.58. The van der Waals surface area contributed by atoms with Crippen molar-refractivity contribution in [1.29, 1.82) is 0 Å². The summed E-state index contributed by atoms with van der Waals surface area (Å²) in [5.74, 6) is 0.964. The number of halogens is 1. The predicted molar refractivity (Wildman–Crippen MR) is 78.4 cm³/mol. The van der Waals surface area contributed by atoms with Crippen molar-refractivity contribution >= 4 is 11.6 Å². The molecule has 1 aromatic carbocycles. The van der Waals surface area contributed by atoms with Gasteiger partial charge in [-0.15, -0.1) is 0 Å². The van der Waals surface area contributed by atoms with E-state index >= 15 is 0 Å². The fourth-order valence-corrected chi connectivity index (χ4v) is 2.05. The van der Waals surface area contributed by atoms with Crippen molar-refractivity contribution < 1.29 is 4.74 Å². The highest BCUT2D eigenvalue weighted by Crippen LogP contribution is 2.25. The fraction of sp³-hybridized carbons (Fsp3) is 0.600. The van der Waals surface area contributed by atoms with Crippen molar-refractivity contribution in [3.05, 3.63) is 28.8 Å². The Hall–Kier alpha value is -0.730. The van der Waals surface area contributed by atoms with Crippen LogP contribution in [0.2, 0.25) is 5.02 Å². The van der Waals surface area contributed by atoms with Crippen LogP contribution in [0.15, 0.2) is 18.2 Å². The number of ether oxygens (including phenoxy) is 1. The fourth-order valence-electron chi connectivity index (χ4n) is 1.86. The lowest BCUT2D eigenvalue weighted by molar-refractivity contribution is 0.313. The Morgan fingerprint density at radius 2 is 2.11 bits per heavy atom. The minimum Gasteiger partial charge on any atom is -0.493 e. The van der Waals surface area contributed by atoms with Gasteiger partial charge in [0.1, 0.15) is 5.75 Å². The number of nitrogens with two attached hydrogens (primary N) is 1. The number of benzene rings is 1. The molecule has 102 valence electrons. The summed E-state index contributed by atoms with van der Waals surface area (Å²) in [5.41, 5.74) is 7.12. The lowest BCUT2D eigenvalue weighted by atomic mass is 10.0. The summed E-state index contributed by atoms with van der Waals surface area (Å²) in [5, 5.41) is 0.772. The van der Waals surface area contributed by atoms with E-state index in [1.54, 1.807) is 0 Å². The van der Waals surface area contributed by atoms with Crippen LogP contribution in [0, 0.1) is 0 Å². The van der Waals surface area contributed by atoms with Gasteiger partial charge in [-0.3, -0.25) is 0 Å². The topological polar surface area (TPSA) is 35.2 Å². The third kappa shape index (κ3) is 5.28. The Labute approximate surface area is 115 Å². The average molecular weight is 270 g/mol. The van der Waals surface area contributed by atoms with Crippen LogP contribution >= 0.6 is 11.6 Å². The van der Waals surface area contributed by atoms with E-state index < -0.39 is 0 Å². The summed E-state index contributed by atoms with van der Waals surface area (Å²) in [6.45, 7) is 4.98. The molecule has 0 fully saturated rings. The highest BCUT2D eigenvalue weighted by Gasteiger charge is 2.06. The van der Waals surface area contributed by atoms with Crippen molar-refractivity contribution in [2.24, 2.45) is 5.73 Å². The zero-order chi connectivity index (χ0) is 13.4. The monoisotopic (exact) mass is 269 g/mol. The summed E-state index contributed by atoms with van der Waals surface area (Å²) >= 11 is 6.04. The Kier molecular flexibility index (Phi) is 7.14. The smallest absolute Gasteiger partial charge is 0.122 e. The summed E-state index contributed by atoms with van der Waals surface area (Å²) < 4.78 is 5.74. The van der Waals surface area contributed by atoms with Crippen molar-refractivity contribution in [2.45, 2.75) is 52.0 Å². The third-order valence-electron chi connectivity index (χ3n) is 3.03. The highest BCUT2D eigenvalue weighted by molar-refractivity contribution is 6.30. The first-order valence-corrected chi connectivity index (χ1v) is 7.22. The highest BCUT2D eigenvalue weighted by atomic mass is 35.5. The molecule has 2 nitrogen and oxygen atoms in total. The summed E-state index contributed by atoms with van der Waals surface area (Å²) in [7, 11) is 0. The molecule has 1 atom stereocenters. The van der Waals surface area contributed by atoms with E-state index in [1.807, 2.05) is 18.2 Å². The van der Waals surface area contributed by atoms with Crippen molar-refractivity contribution in [1.82, 2.24) is 0 Å². The molecule has 1 unspecified atom stereocenters. The second-order valence-electron chi connectivity index (χ2n) is 4.66. The molecule has 0 saturated heterocycles. The molecule has 0 aliphatic rings. The number of hydrogen-bond donors (Lipinski definition) is 1. The lowest BCUT2D eigenvalue weighted by Gasteiger charge is -2.12. The quantitative estimate of drug-likeness (QED) is 0.768. The molecule has 3 heteroatoms. The largest absolute Gasteiger partial charge is 0.493 e. The molecule has 0 amide bonds. The Bertz CT molecular complexity index is 354. The molecule has 0 saturated carbocycles. The first kappa shape index (κ1) is 15.3. The van der Waals surface area contributed by atoms with Crippen LogP contribution in [0.4, 0.5) is 0 Å². The average Bonchev–Trinajstić information content (AvgIpc) is 2.37. The summed E-state index contributed by atoms with van der Waals surface area (Å²) in [6.07, 6.45) is 5.17. The molecule has 1 rings (SSSR count). The van der Waals surface area contributed by atoms with Gasteiger partial charge in [-0.2, -0.15) is 0 Å². The second kappa shape index (κ2) is 8.39. The predicted octanol–water partition coefficient (Wildman–Crippen LogP) is 4.19. The van der Waals surface area contributed by atoms with Crippen LogP contribution in [-0.2, 0) is 6.42 Å². The number of aryl methyl sites for hydroxylation is 1.